The summed E-state index contributed by atoms with van der Waals surface area (Å²) in [6.45, 7) is 0.203. The molecule has 0 spiro atoms. The minimum atomic E-state index is -0.992. The van der Waals surface area contributed by atoms with Crippen molar-refractivity contribution in [3.63, 3.8) is 0 Å². The number of hydrogen-bond acceptors (Lipinski definition) is 4. The van der Waals surface area contributed by atoms with Crippen LogP contribution in [0.1, 0.15) is 10.4 Å². The van der Waals surface area contributed by atoms with Gasteiger partial charge in [-0.3, -0.25) is 4.98 Å². The van der Waals surface area contributed by atoms with Crippen LogP contribution in [0.15, 0.2) is 42.0 Å². The van der Waals surface area contributed by atoms with Crippen molar-refractivity contribution < 1.29 is 5.11 Å². The average molecular weight is 234 g/mol. The number of nitrogens with zero attached hydrogens (tertiary/aromatic N) is 1. The number of rotatable bonds is 4. The van der Waals surface area contributed by atoms with Gasteiger partial charge in [-0.2, -0.15) is 0 Å². The SMILES string of the molecule is NCC(O)(Cc1cncs1)c1ccccc1. The summed E-state index contributed by atoms with van der Waals surface area (Å²) in [5.74, 6) is 0. The highest BCUT2D eigenvalue weighted by atomic mass is 32.1. The number of nitrogens with two attached hydrogens (primary N) is 1. The number of aliphatic hydroxyl groups is 1. The largest absolute Gasteiger partial charge is 0.383 e. The standard InChI is InChI=1S/C12H14N2OS/c13-8-12(15,6-11-7-14-9-16-11)10-4-2-1-3-5-10/h1-5,7,9,15H,6,8,13H2. The lowest BCUT2D eigenvalue weighted by Gasteiger charge is -2.26. The van der Waals surface area contributed by atoms with Gasteiger partial charge in [0.05, 0.1) is 5.51 Å². The smallest absolute Gasteiger partial charge is 0.107 e. The third kappa shape index (κ3) is 2.29. The molecule has 0 bridgehead atoms. The second kappa shape index (κ2) is 4.74. The van der Waals surface area contributed by atoms with Crippen molar-refractivity contribution in [2.75, 3.05) is 6.54 Å². The normalized spacial score (nSPS) is 14.6. The molecule has 1 unspecified atom stereocenters. The first-order chi connectivity index (χ1) is 7.74. The first-order valence-corrected chi connectivity index (χ1v) is 5.98. The van der Waals surface area contributed by atoms with Gasteiger partial charge in [0, 0.05) is 24.0 Å². The van der Waals surface area contributed by atoms with Crippen LogP contribution < -0.4 is 5.73 Å². The molecule has 84 valence electrons. The Hall–Kier alpha value is -1.23. The summed E-state index contributed by atoms with van der Waals surface area (Å²) in [7, 11) is 0. The van der Waals surface area contributed by atoms with Crippen LogP contribution in [-0.4, -0.2) is 16.6 Å². The lowest BCUT2D eigenvalue weighted by atomic mass is 9.90. The molecule has 0 fully saturated rings. The molecular formula is C12H14N2OS. The van der Waals surface area contributed by atoms with Gasteiger partial charge in [-0.15, -0.1) is 11.3 Å². The van der Waals surface area contributed by atoms with Crippen LogP contribution in [0, 0.1) is 0 Å². The Kier molecular flexibility index (Phi) is 3.33. The lowest BCUT2D eigenvalue weighted by molar-refractivity contribution is 0.0470. The van der Waals surface area contributed by atoms with Crippen LogP contribution in [0.3, 0.4) is 0 Å². The van der Waals surface area contributed by atoms with Gasteiger partial charge >= 0.3 is 0 Å². The monoisotopic (exact) mass is 234 g/mol. The molecule has 0 saturated heterocycles. The fraction of sp³-hybridized carbons (Fsp3) is 0.250. The van der Waals surface area contributed by atoms with Gasteiger partial charge < -0.3 is 10.8 Å². The molecule has 1 heterocycles. The van der Waals surface area contributed by atoms with E-state index < -0.39 is 5.60 Å². The molecule has 4 heteroatoms. The van der Waals surface area contributed by atoms with Gasteiger partial charge in [-0.25, -0.2) is 0 Å². The van der Waals surface area contributed by atoms with Crippen LogP contribution in [0.2, 0.25) is 0 Å². The summed E-state index contributed by atoms with van der Waals surface area (Å²) in [6.07, 6.45) is 2.28. The number of aromatic nitrogens is 1. The van der Waals surface area contributed by atoms with Crippen LogP contribution in [0.5, 0.6) is 0 Å². The van der Waals surface area contributed by atoms with E-state index >= 15 is 0 Å². The summed E-state index contributed by atoms with van der Waals surface area (Å²) in [5.41, 5.74) is 7.31. The van der Waals surface area contributed by atoms with E-state index in [2.05, 4.69) is 4.98 Å². The lowest BCUT2D eigenvalue weighted by Crippen LogP contribution is -2.36. The average Bonchev–Trinajstić information content (AvgIpc) is 2.83. The number of hydrogen-bond donors (Lipinski definition) is 2. The molecule has 0 saturated carbocycles. The number of thiazole rings is 1. The van der Waals surface area contributed by atoms with E-state index in [-0.39, 0.29) is 6.54 Å². The third-order valence-corrected chi connectivity index (χ3v) is 3.38. The van der Waals surface area contributed by atoms with E-state index in [1.165, 1.54) is 11.3 Å². The van der Waals surface area contributed by atoms with E-state index in [1.807, 2.05) is 30.3 Å². The van der Waals surface area contributed by atoms with E-state index in [0.717, 1.165) is 10.4 Å². The maximum Gasteiger partial charge on any atom is 0.107 e. The minimum absolute atomic E-state index is 0.203. The molecule has 1 aromatic heterocycles. The third-order valence-electron chi connectivity index (χ3n) is 2.60. The van der Waals surface area contributed by atoms with E-state index in [4.69, 9.17) is 5.73 Å². The molecule has 1 aromatic carbocycles. The summed E-state index contributed by atoms with van der Waals surface area (Å²) >= 11 is 1.53. The fourth-order valence-corrected chi connectivity index (χ4v) is 2.36. The molecule has 0 aliphatic rings. The van der Waals surface area contributed by atoms with E-state index in [9.17, 15) is 5.11 Å². The highest BCUT2D eigenvalue weighted by molar-refractivity contribution is 7.09. The van der Waals surface area contributed by atoms with Gasteiger partial charge in [-0.05, 0) is 5.56 Å². The topological polar surface area (TPSA) is 59.1 Å². The fourth-order valence-electron chi connectivity index (χ4n) is 1.66. The van der Waals surface area contributed by atoms with E-state index in [0.29, 0.717) is 6.42 Å². The first kappa shape index (κ1) is 11.3. The molecule has 16 heavy (non-hydrogen) atoms. The predicted molar refractivity (Wildman–Crippen MR) is 65.2 cm³/mol. The van der Waals surface area contributed by atoms with Crippen molar-refractivity contribution in [2.45, 2.75) is 12.0 Å². The first-order valence-electron chi connectivity index (χ1n) is 5.10. The highest BCUT2D eigenvalue weighted by Crippen LogP contribution is 2.25. The van der Waals surface area contributed by atoms with Crippen LogP contribution in [0.4, 0.5) is 0 Å². The molecule has 2 aromatic rings. The second-order valence-electron chi connectivity index (χ2n) is 3.75. The Morgan fingerprint density at radius 1 is 1.31 bits per heavy atom. The Labute approximate surface area is 98.6 Å². The molecule has 2 rings (SSSR count). The predicted octanol–water partition coefficient (Wildman–Crippen LogP) is 1.53. The van der Waals surface area contributed by atoms with Gasteiger partial charge in [0.1, 0.15) is 5.60 Å². The van der Waals surface area contributed by atoms with Gasteiger partial charge in [0.2, 0.25) is 0 Å². The summed E-state index contributed by atoms with van der Waals surface area (Å²) in [5, 5.41) is 10.5. The Balaban J connectivity index is 2.26. The van der Waals surface area contributed by atoms with Crippen LogP contribution >= 0.6 is 11.3 Å². The Morgan fingerprint density at radius 3 is 2.62 bits per heavy atom. The molecule has 0 radical (unpaired) electrons. The minimum Gasteiger partial charge on any atom is -0.383 e. The number of benzene rings is 1. The summed E-state index contributed by atoms with van der Waals surface area (Å²) in [4.78, 5) is 5.04. The second-order valence-corrected chi connectivity index (χ2v) is 4.72. The zero-order valence-corrected chi connectivity index (χ0v) is 9.65. The maximum atomic E-state index is 10.5. The molecule has 1 atom stereocenters. The van der Waals surface area contributed by atoms with Crippen molar-refractivity contribution in [2.24, 2.45) is 5.73 Å². The molecule has 0 amide bonds. The van der Waals surface area contributed by atoms with Gasteiger partial charge in [-0.1, -0.05) is 30.3 Å². The van der Waals surface area contributed by atoms with Gasteiger partial charge in [0.25, 0.3) is 0 Å². The quantitative estimate of drug-likeness (QED) is 0.843. The maximum absolute atomic E-state index is 10.5. The van der Waals surface area contributed by atoms with Crippen LogP contribution in [0.25, 0.3) is 0 Å². The van der Waals surface area contributed by atoms with Crippen molar-refractivity contribution in [1.82, 2.24) is 4.98 Å². The highest BCUT2D eigenvalue weighted by Gasteiger charge is 2.28. The zero-order valence-electron chi connectivity index (χ0n) is 8.84. The summed E-state index contributed by atoms with van der Waals surface area (Å²) < 4.78 is 0. The zero-order chi connectivity index (χ0) is 11.4. The Morgan fingerprint density at radius 2 is 2.06 bits per heavy atom. The molecule has 3 nitrogen and oxygen atoms in total. The molecule has 0 aliphatic heterocycles. The molecule has 0 aliphatic carbocycles. The molecular weight excluding hydrogens is 220 g/mol. The van der Waals surface area contributed by atoms with Crippen molar-refractivity contribution in [3.8, 4) is 0 Å². The summed E-state index contributed by atoms with van der Waals surface area (Å²) in [6, 6.07) is 9.53. The van der Waals surface area contributed by atoms with Gasteiger partial charge in [0.15, 0.2) is 0 Å². The molecule has 3 N–H and O–H groups in total. The van der Waals surface area contributed by atoms with Crippen molar-refractivity contribution in [3.05, 3.63) is 52.5 Å². The Bertz CT molecular complexity index is 430. The van der Waals surface area contributed by atoms with Crippen molar-refractivity contribution >= 4 is 11.3 Å². The van der Waals surface area contributed by atoms with Crippen molar-refractivity contribution in [1.29, 1.82) is 0 Å². The van der Waals surface area contributed by atoms with E-state index in [1.54, 1.807) is 11.7 Å². The van der Waals surface area contributed by atoms with Crippen LogP contribution in [-0.2, 0) is 12.0 Å².